The number of carboxylic acid groups (broad SMARTS) is 1. The summed E-state index contributed by atoms with van der Waals surface area (Å²) in [6, 6.07) is 0. The van der Waals surface area contributed by atoms with Crippen LogP contribution in [-0.2, 0) is 16.0 Å². The number of aliphatic carboxylic acids is 1. The highest BCUT2D eigenvalue weighted by Gasteiger charge is 2.44. The van der Waals surface area contributed by atoms with Gasteiger partial charge in [0.15, 0.2) is 5.54 Å². The number of hydrogen-bond acceptors (Lipinski definition) is 5. The van der Waals surface area contributed by atoms with Crippen LogP contribution in [0.2, 0.25) is 0 Å². The molecule has 1 aromatic rings. The van der Waals surface area contributed by atoms with Gasteiger partial charge in [0, 0.05) is 13.0 Å². The summed E-state index contributed by atoms with van der Waals surface area (Å²) >= 11 is 1.30. The van der Waals surface area contributed by atoms with Crippen molar-refractivity contribution in [2.75, 3.05) is 13.2 Å². The molecule has 0 aliphatic carbocycles. The number of carbonyl (C=O) groups is 2. The van der Waals surface area contributed by atoms with E-state index < -0.39 is 17.4 Å². The third-order valence-corrected chi connectivity index (χ3v) is 4.08. The minimum Gasteiger partial charge on any atom is -0.479 e. The molecule has 1 aliphatic rings. The second kappa shape index (κ2) is 5.66. The minimum atomic E-state index is -1.30. The monoisotopic (exact) mass is 284 g/mol. The number of aromatic nitrogens is 1. The van der Waals surface area contributed by atoms with Crippen molar-refractivity contribution in [2.24, 2.45) is 0 Å². The van der Waals surface area contributed by atoms with Crippen LogP contribution >= 0.6 is 11.3 Å². The number of thiazole rings is 1. The Balaban J connectivity index is 2.08. The molecule has 1 amide bonds. The summed E-state index contributed by atoms with van der Waals surface area (Å²) in [6.07, 6.45) is 3.57. The predicted molar refractivity (Wildman–Crippen MR) is 69.4 cm³/mol. The normalized spacial score (nSPS) is 22.4. The van der Waals surface area contributed by atoms with Crippen LogP contribution in [0.25, 0.3) is 0 Å². The van der Waals surface area contributed by atoms with Crippen LogP contribution in [0.15, 0.2) is 6.20 Å². The number of aryl methyl sites for hydroxylation is 1. The summed E-state index contributed by atoms with van der Waals surface area (Å²) in [5.74, 6) is -1.45. The van der Waals surface area contributed by atoms with E-state index in [1.54, 1.807) is 0 Å². The van der Waals surface area contributed by atoms with Crippen molar-refractivity contribution < 1.29 is 19.4 Å². The largest absolute Gasteiger partial charge is 0.479 e. The number of rotatable bonds is 5. The molecule has 19 heavy (non-hydrogen) atoms. The SMILES string of the molecule is CCCc1ncc(C(=O)NC2(C(=O)O)CCOC2)s1. The summed E-state index contributed by atoms with van der Waals surface area (Å²) in [7, 11) is 0. The highest BCUT2D eigenvalue weighted by atomic mass is 32.1. The van der Waals surface area contributed by atoms with Gasteiger partial charge in [-0.3, -0.25) is 4.79 Å². The number of carbonyl (C=O) groups excluding carboxylic acids is 1. The topological polar surface area (TPSA) is 88.5 Å². The fourth-order valence-electron chi connectivity index (χ4n) is 1.91. The lowest BCUT2D eigenvalue weighted by atomic mass is 9.99. The average Bonchev–Trinajstić information content (AvgIpc) is 2.99. The molecule has 2 heterocycles. The molecule has 1 saturated heterocycles. The third kappa shape index (κ3) is 2.93. The zero-order valence-electron chi connectivity index (χ0n) is 10.6. The van der Waals surface area contributed by atoms with Crippen molar-refractivity contribution in [3.05, 3.63) is 16.1 Å². The van der Waals surface area contributed by atoms with E-state index in [-0.39, 0.29) is 13.0 Å². The van der Waals surface area contributed by atoms with E-state index >= 15 is 0 Å². The van der Waals surface area contributed by atoms with Gasteiger partial charge in [-0.05, 0) is 12.8 Å². The van der Waals surface area contributed by atoms with E-state index in [0.717, 1.165) is 17.8 Å². The number of amides is 1. The third-order valence-electron chi connectivity index (χ3n) is 3.03. The molecule has 0 saturated carbocycles. The Morgan fingerprint density at radius 2 is 2.42 bits per heavy atom. The van der Waals surface area contributed by atoms with E-state index in [9.17, 15) is 14.7 Å². The van der Waals surface area contributed by atoms with Crippen LogP contribution < -0.4 is 5.32 Å². The lowest BCUT2D eigenvalue weighted by Gasteiger charge is -2.23. The van der Waals surface area contributed by atoms with E-state index in [2.05, 4.69) is 10.3 Å². The van der Waals surface area contributed by atoms with Crippen LogP contribution in [0.1, 0.15) is 34.4 Å². The van der Waals surface area contributed by atoms with Crippen LogP contribution in [-0.4, -0.2) is 40.7 Å². The van der Waals surface area contributed by atoms with Gasteiger partial charge in [-0.15, -0.1) is 11.3 Å². The molecule has 1 aromatic heterocycles. The molecule has 0 bridgehead atoms. The molecule has 6 nitrogen and oxygen atoms in total. The minimum absolute atomic E-state index is 0.00863. The first-order valence-electron chi connectivity index (χ1n) is 6.16. The maximum Gasteiger partial charge on any atom is 0.331 e. The zero-order chi connectivity index (χ0) is 13.9. The van der Waals surface area contributed by atoms with Crippen molar-refractivity contribution in [3.8, 4) is 0 Å². The van der Waals surface area contributed by atoms with Gasteiger partial charge < -0.3 is 15.2 Å². The summed E-state index contributed by atoms with van der Waals surface area (Å²) in [4.78, 5) is 27.9. The van der Waals surface area contributed by atoms with Gasteiger partial charge in [-0.25, -0.2) is 9.78 Å². The number of nitrogens with one attached hydrogen (secondary N) is 1. The highest BCUT2D eigenvalue weighted by molar-refractivity contribution is 7.13. The molecular weight excluding hydrogens is 268 g/mol. The lowest BCUT2D eigenvalue weighted by molar-refractivity contribution is -0.144. The summed E-state index contributed by atoms with van der Waals surface area (Å²) < 4.78 is 5.09. The van der Waals surface area contributed by atoms with Crippen molar-refractivity contribution in [1.82, 2.24) is 10.3 Å². The highest BCUT2D eigenvalue weighted by Crippen LogP contribution is 2.21. The quantitative estimate of drug-likeness (QED) is 0.844. The summed E-state index contributed by atoms with van der Waals surface area (Å²) in [5.41, 5.74) is -1.30. The Morgan fingerprint density at radius 3 is 3.00 bits per heavy atom. The Bertz CT molecular complexity index is 480. The second-order valence-electron chi connectivity index (χ2n) is 4.51. The fraction of sp³-hybridized carbons (Fsp3) is 0.583. The number of carboxylic acids is 1. The Hall–Kier alpha value is -1.47. The molecule has 0 spiro atoms. The molecule has 0 aromatic carbocycles. The van der Waals surface area contributed by atoms with E-state index in [1.807, 2.05) is 6.92 Å². The molecule has 1 unspecified atom stereocenters. The van der Waals surface area contributed by atoms with E-state index in [4.69, 9.17) is 4.74 Å². The lowest BCUT2D eigenvalue weighted by Crippen LogP contribution is -2.55. The standard InChI is InChI=1S/C12H16N2O4S/c1-2-3-9-13-6-8(19-9)10(15)14-12(11(16)17)4-5-18-7-12/h6H,2-5,7H2,1H3,(H,14,15)(H,16,17). The number of ether oxygens (including phenoxy) is 1. The molecule has 1 atom stereocenters. The first-order chi connectivity index (χ1) is 9.07. The van der Waals surface area contributed by atoms with Gasteiger partial charge in [0.25, 0.3) is 5.91 Å². The van der Waals surface area contributed by atoms with E-state index in [1.165, 1.54) is 17.5 Å². The Labute approximate surface area is 114 Å². The Morgan fingerprint density at radius 1 is 1.63 bits per heavy atom. The van der Waals surface area contributed by atoms with Crippen molar-refractivity contribution in [3.63, 3.8) is 0 Å². The molecule has 2 N–H and O–H groups in total. The van der Waals surface area contributed by atoms with Gasteiger partial charge >= 0.3 is 5.97 Å². The predicted octanol–water partition coefficient (Wildman–Crippen LogP) is 1.07. The molecular formula is C12H16N2O4S. The maximum absolute atomic E-state index is 12.1. The molecule has 1 aliphatic heterocycles. The molecule has 7 heteroatoms. The van der Waals surface area contributed by atoms with Crippen LogP contribution in [0, 0.1) is 0 Å². The summed E-state index contributed by atoms with van der Waals surface area (Å²) in [5, 5.41) is 12.7. The average molecular weight is 284 g/mol. The fourth-order valence-corrected chi connectivity index (χ4v) is 2.82. The van der Waals surface area contributed by atoms with Crippen LogP contribution in [0.5, 0.6) is 0 Å². The second-order valence-corrected chi connectivity index (χ2v) is 5.63. The molecule has 1 fully saturated rings. The van der Waals surface area contributed by atoms with Gasteiger partial charge in [-0.2, -0.15) is 0 Å². The summed E-state index contributed by atoms with van der Waals surface area (Å²) in [6.45, 7) is 2.39. The van der Waals surface area contributed by atoms with Gasteiger partial charge in [0.05, 0.1) is 17.8 Å². The van der Waals surface area contributed by atoms with E-state index in [0.29, 0.717) is 11.5 Å². The van der Waals surface area contributed by atoms with Crippen LogP contribution in [0.4, 0.5) is 0 Å². The molecule has 104 valence electrons. The van der Waals surface area contributed by atoms with Gasteiger partial charge in [0.1, 0.15) is 4.88 Å². The Kier molecular flexibility index (Phi) is 4.16. The van der Waals surface area contributed by atoms with Crippen LogP contribution in [0.3, 0.4) is 0 Å². The zero-order valence-corrected chi connectivity index (χ0v) is 11.5. The van der Waals surface area contributed by atoms with Gasteiger partial charge in [-0.1, -0.05) is 6.92 Å². The van der Waals surface area contributed by atoms with Gasteiger partial charge in [0.2, 0.25) is 0 Å². The first-order valence-corrected chi connectivity index (χ1v) is 6.97. The molecule has 0 radical (unpaired) electrons. The van der Waals surface area contributed by atoms with Crippen molar-refractivity contribution in [2.45, 2.75) is 31.7 Å². The maximum atomic E-state index is 12.1. The van der Waals surface area contributed by atoms with Crippen molar-refractivity contribution in [1.29, 1.82) is 0 Å². The first kappa shape index (κ1) is 14.0. The van der Waals surface area contributed by atoms with Crippen molar-refractivity contribution >= 4 is 23.2 Å². The smallest absolute Gasteiger partial charge is 0.331 e. The number of hydrogen-bond donors (Lipinski definition) is 2. The number of nitrogens with zero attached hydrogens (tertiary/aromatic N) is 1. The molecule has 2 rings (SSSR count).